The van der Waals surface area contributed by atoms with Crippen LogP contribution in [0.25, 0.3) is 0 Å². The van der Waals surface area contributed by atoms with Crippen LogP contribution in [0.5, 0.6) is 0 Å². The lowest BCUT2D eigenvalue weighted by atomic mass is 10.1. The standard InChI is InChI=1S/C17H14F4N2O2/c18-12-6-2-1-5-11(12)9-10-15(24)22-13-7-3-4-8-14(13)23-16(25)17(19,20)21/h1-8H,9-10H2,(H,22,24)(H,23,25). The van der Waals surface area contributed by atoms with Crippen LogP contribution in [0.2, 0.25) is 0 Å². The van der Waals surface area contributed by atoms with Crippen molar-refractivity contribution in [2.24, 2.45) is 0 Å². The van der Waals surface area contributed by atoms with E-state index in [0.29, 0.717) is 5.56 Å². The van der Waals surface area contributed by atoms with Gasteiger partial charge in [0.1, 0.15) is 5.82 Å². The van der Waals surface area contributed by atoms with Gasteiger partial charge in [-0.2, -0.15) is 13.2 Å². The SMILES string of the molecule is O=C(CCc1ccccc1F)Nc1ccccc1NC(=O)C(F)(F)F. The first-order valence-electron chi connectivity index (χ1n) is 7.28. The maximum atomic E-state index is 13.5. The average Bonchev–Trinajstić information content (AvgIpc) is 2.55. The summed E-state index contributed by atoms with van der Waals surface area (Å²) in [5.41, 5.74) is 0.207. The van der Waals surface area contributed by atoms with Crippen LogP contribution in [-0.2, 0) is 16.0 Å². The van der Waals surface area contributed by atoms with Crippen molar-refractivity contribution in [3.63, 3.8) is 0 Å². The molecule has 2 amide bonds. The van der Waals surface area contributed by atoms with Crippen LogP contribution in [0.15, 0.2) is 48.5 Å². The number of carbonyl (C=O) groups is 2. The molecule has 2 N–H and O–H groups in total. The molecule has 0 heterocycles. The molecule has 0 aliphatic rings. The van der Waals surface area contributed by atoms with Gasteiger partial charge in [-0.15, -0.1) is 0 Å². The molecule has 4 nitrogen and oxygen atoms in total. The van der Waals surface area contributed by atoms with Crippen molar-refractivity contribution in [3.05, 3.63) is 59.9 Å². The van der Waals surface area contributed by atoms with Crippen LogP contribution in [0.4, 0.5) is 28.9 Å². The Morgan fingerprint density at radius 3 is 2.04 bits per heavy atom. The highest BCUT2D eigenvalue weighted by molar-refractivity contribution is 6.01. The Bertz CT molecular complexity index is 775. The van der Waals surface area contributed by atoms with E-state index < -0.39 is 23.8 Å². The summed E-state index contributed by atoms with van der Waals surface area (Å²) < 4.78 is 50.5. The van der Waals surface area contributed by atoms with Gasteiger partial charge in [-0.1, -0.05) is 30.3 Å². The zero-order valence-electron chi connectivity index (χ0n) is 12.9. The summed E-state index contributed by atoms with van der Waals surface area (Å²) in [5, 5.41) is 4.11. The summed E-state index contributed by atoms with van der Waals surface area (Å²) in [6.07, 6.45) is -4.97. The number of alkyl halides is 3. The normalized spacial score (nSPS) is 11.0. The molecule has 0 unspecified atom stereocenters. The highest BCUT2D eigenvalue weighted by Gasteiger charge is 2.39. The first-order chi connectivity index (χ1) is 11.8. The highest BCUT2D eigenvalue weighted by atomic mass is 19.4. The Morgan fingerprint density at radius 1 is 0.880 bits per heavy atom. The molecule has 25 heavy (non-hydrogen) atoms. The topological polar surface area (TPSA) is 58.2 Å². The molecule has 0 fully saturated rings. The van der Waals surface area contributed by atoms with Gasteiger partial charge in [0.15, 0.2) is 0 Å². The number of anilines is 2. The van der Waals surface area contributed by atoms with Gasteiger partial charge in [-0.3, -0.25) is 9.59 Å². The van der Waals surface area contributed by atoms with Crippen LogP contribution < -0.4 is 10.6 Å². The third-order valence-corrected chi connectivity index (χ3v) is 3.29. The maximum absolute atomic E-state index is 13.5. The molecule has 0 spiro atoms. The number of aryl methyl sites for hydroxylation is 1. The maximum Gasteiger partial charge on any atom is 0.471 e. The largest absolute Gasteiger partial charge is 0.471 e. The lowest BCUT2D eigenvalue weighted by Crippen LogP contribution is -2.30. The molecular weight excluding hydrogens is 340 g/mol. The Kier molecular flexibility index (Phi) is 5.74. The number of nitrogens with one attached hydrogen (secondary N) is 2. The molecule has 0 aromatic heterocycles. The van der Waals surface area contributed by atoms with Crippen LogP contribution in [0, 0.1) is 5.82 Å². The van der Waals surface area contributed by atoms with E-state index in [2.05, 4.69) is 5.32 Å². The van der Waals surface area contributed by atoms with E-state index in [1.54, 1.807) is 17.4 Å². The molecule has 2 rings (SSSR count). The fourth-order valence-electron chi connectivity index (χ4n) is 2.06. The second-order valence-electron chi connectivity index (χ2n) is 5.14. The molecular formula is C17H14F4N2O2. The van der Waals surface area contributed by atoms with E-state index in [4.69, 9.17) is 0 Å². The second kappa shape index (κ2) is 7.78. The van der Waals surface area contributed by atoms with Crippen molar-refractivity contribution in [1.82, 2.24) is 0 Å². The van der Waals surface area contributed by atoms with E-state index in [1.807, 2.05) is 0 Å². The molecule has 8 heteroatoms. The number of amides is 2. The van der Waals surface area contributed by atoms with Crippen LogP contribution >= 0.6 is 0 Å². The quantitative estimate of drug-likeness (QED) is 0.800. The first-order valence-corrected chi connectivity index (χ1v) is 7.28. The summed E-state index contributed by atoms with van der Waals surface area (Å²) in [6, 6.07) is 11.5. The summed E-state index contributed by atoms with van der Waals surface area (Å²) in [6.45, 7) is 0. The van der Waals surface area contributed by atoms with Gasteiger partial charge in [0, 0.05) is 6.42 Å². The number of benzene rings is 2. The van der Waals surface area contributed by atoms with E-state index >= 15 is 0 Å². The van der Waals surface area contributed by atoms with E-state index in [0.717, 1.165) is 0 Å². The molecule has 0 radical (unpaired) electrons. The predicted molar refractivity (Wildman–Crippen MR) is 84.5 cm³/mol. The number of rotatable bonds is 5. The fourth-order valence-corrected chi connectivity index (χ4v) is 2.06. The van der Waals surface area contributed by atoms with Crippen molar-refractivity contribution in [2.45, 2.75) is 19.0 Å². The predicted octanol–water partition coefficient (Wildman–Crippen LogP) is 3.90. The minimum absolute atomic E-state index is 0.0265. The third-order valence-electron chi connectivity index (χ3n) is 3.29. The molecule has 0 bridgehead atoms. The zero-order chi connectivity index (χ0) is 18.4. The summed E-state index contributed by atoms with van der Waals surface area (Å²) in [5.74, 6) is -3.09. The molecule has 0 saturated carbocycles. The number of halogens is 4. The van der Waals surface area contributed by atoms with Crippen molar-refractivity contribution in [1.29, 1.82) is 0 Å². The van der Waals surface area contributed by atoms with Gasteiger partial charge >= 0.3 is 12.1 Å². The molecule has 0 atom stereocenters. The smallest absolute Gasteiger partial charge is 0.324 e. The zero-order valence-corrected chi connectivity index (χ0v) is 12.9. The second-order valence-corrected chi connectivity index (χ2v) is 5.14. The van der Waals surface area contributed by atoms with Crippen molar-refractivity contribution in [3.8, 4) is 0 Å². The van der Waals surface area contributed by atoms with Gasteiger partial charge < -0.3 is 10.6 Å². The summed E-state index contributed by atoms with van der Waals surface area (Å²) >= 11 is 0. The fraction of sp³-hybridized carbons (Fsp3) is 0.176. The monoisotopic (exact) mass is 354 g/mol. The Hall–Kier alpha value is -2.90. The van der Waals surface area contributed by atoms with E-state index in [9.17, 15) is 27.2 Å². The minimum atomic E-state index is -5.04. The molecule has 2 aromatic carbocycles. The van der Waals surface area contributed by atoms with Gasteiger partial charge in [-0.25, -0.2) is 4.39 Å². The van der Waals surface area contributed by atoms with Crippen molar-refractivity contribution in [2.75, 3.05) is 10.6 Å². The van der Waals surface area contributed by atoms with E-state index in [-0.39, 0.29) is 24.2 Å². The Labute approximate surface area is 140 Å². The lowest BCUT2D eigenvalue weighted by Gasteiger charge is -2.13. The van der Waals surface area contributed by atoms with E-state index in [1.165, 1.54) is 36.4 Å². The molecule has 0 aliphatic carbocycles. The number of carbonyl (C=O) groups excluding carboxylic acids is 2. The summed E-state index contributed by atoms with van der Waals surface area (Å²) in [4.78, 5) is 23.0. The Balaban J connectivity index is 2.01. The van der Waals surface area contributed by atoms with Gasteiger partial charge in [0.2, 0.25) is 5.91 Å². The van der Waals surface area contributed by atoms with Crippen LogP contribution in [-0.4, -0.2) is 18.0 Å². The number of para-hydroxylation sites is 2. The van der Waals surface area contributed by atoms with Crippen molar-refractivity contribution < 1.29 is 27.2 Å². The third kappa shape index (κ3) is 5.30. The molecule has 132 valence electrons. The Morgan fingerprint density at radius 2 is 1.44 bits per heavy atom. The molecule has 0 saturated heterocycles. The summed E-state index contributed by atoms with van der Waals surface area (Å²) in [7, 11) is 0. The average molecular weight is 354 g/mol. The molecule has 0 aliphatic heterocycles. The van der Waals surface area contributed by atoms with Crippen molar-refractivity contribution >= 4 is 23.2 Å². The molecule has 2 aromatic rings. The number of hydrogen-bond donors (Lipinski definition) is 2. The van der Waals surface area contributed by atoms with Gasteiger partial charge in [0.25, 0.3) is 0 Å². The minimum Gasteiger partial charge on any atom is -0.324 e. The van der Waals surface area contributed by atoms with Gasteiger partial charge in [0.05, 0.1) is 11.4 Å². The first kappa shape index (κ1) is 18.4. The van der Waals surface area contributed by atoms with Gasteiger partial charge in [-0.05, 0) is 30.2 Å². The lowest BCUT2D eigenvalue weighted by molar-refractivity contribution is -0.167. The van der Waals surface area contributed by atoms with Crippen LogP contribution in [0.3, 0.4) is 0 Å². The van der Waals surface area contributed by atoms with Crippen LogP contribution in [0.1, 0.15) is 12.0 Å². The highest BCUT2D eigenvalue weighted by Crippen LogP contribution is 2.24. The number of hydrogen-bond acceptors (Lipinski definition) is 2.